The molecule has 0 aliphatic rings. The van der Waals surface area contributed by atoms with Gasteiger partial charge in [0.25, 0.3) is 0 Å². The summed E-state index contributed by atoms with van der Waals surface area (Å²) in [5.74, 6) is -0.922. The second kappa shape index (κ2) is 4.53. The lowest BCUT2D eigenvalue weighted by Gasteiger charge is -2.04. The van der Waals surface area contributed by atoms with E-state index < -0.39 is 5.97 Å². The van der Waals surface area contributed by atoms with Crippen molar-refractivity contribution in [3.63, 3.8) is 0 Å². The molecule has 0 aromatic heterocycles. The molecule has 0 spiro atoms. The minimum Gasteiger partial charge on any atom is -0.478 e. The molecule has 0 saturated heterocycles. The van der Waals surface area contributed by atoms with E-state index in [4.69, 9.17) is 15.8 Å². The molecule has 0 bridgehead atoms. The van der Waals surface area contributed by atoms with Crippen LogP contribution in [0.4, 0.5) is 0 Å². The van der Waals surface area contributed by atoms with Gasteiger partial charge in [-0.1, -0.05) is 13.0 Å². The predicted octanol–water partition coefficient (Wildman–Crippen LogP) is 3.19. The fraction of sp³-hybridized carbons (Fsp3) is 0.222. The Balaban J connectivity index is 3.13. The Morgan fingerprint density at radius 1 is 1.62 bits per heavy atom. The number of benzene rings is 1. The van der Waals surface area contributed by atoms with Gasteiger partial charge in [0.05, 0.1) is 5.56 Å². The number of halogens is 1. The van der Waals surface area contributed by atoms with E-state index in [-0.39, 0.29) is 5.56 Å². The summed E-state index contributed by atoms with van der Waals surface area (Å²) in [7, 11) is 6.67. The predicted molar refractivity (Wildman–Crippen MR) is 54.5 cm³/mol. The standard InChI is InChI=1S/C9H9ClO2S/c1-2-6-3-4-7(9(11)12)5-8(6)13-10/h3-5H,2H2,1H3,(H,11,12). The minimum atomic E-state index is -0.922. The first-order valence-corrected chi connectivity index (χ1v) is 5.48. The molecule has 1 rings (SSSR count). The van der Waals surface area contributed by atoms with Crippen molar-refractivity contribution in [3.8, 4) is 0 Å². The molecule has 0 atom stereocenters. The van der Waals surface area contributed by atoms with Gasteiger partial charge in [-0.05, 0) is 45.8 Å². The van der Waals surface area contributed by atoms with Crippen molar-refractivity contribution in [2.75, 3.05) is 0 Å². The first kappa shape index (κ1) is 10.4. The molecule has 13 heavy (non-hydrogen) atoms. The first-order valence-electron chi connectivity index (χ1n) is 3.83. The molecule has 0 aliphatic heterocycles. The van der Waals surface area contributed by atoms with E-state index in [0.717, 1.165) is 27.9 Å². The highest BCUT2D eigenvalue weighted by Crippen LogP contribution is 2.27. The van der Waals surface area contributed by atoms with Gasteiger partial charge in [-0.3, -0.25) is 0 Å². The third-order valence-electron chi connectivity index (χ3n) is 1.78. The topological polar surface area (TPSA) is 37.3 Å². The maximum atomic E-state index is 10.6. The Kier molecular flexibility index (Phi) is 3.63. The van der Waals surface area contributed by atoms with E-state index in [1.165, 1.54) is 0 Å². The number of carboxylic acids is 1. The van der Waals surface area contributed by atoms with E-state index in [1.54, 1.807) is 18.2 Å². The van der Waals surface area contributed by atoms with Gasteiger partial charge in [-0.25, -0.2) is 4.79 Å². The van der Waals surface area contributed by atoms with Crippen molar-refractivity contribution >= 4 is 27.6 Å². The molecule has 0 heterocycles. The summed E-state index contributed by atoms with van der Waals surface area (Å²) >= 11 is 0. The zero-order valence-electron chi connectivity index (χ0n) is 7.08. The molecule has 0 fully saturated rings. The highest BCUT2D eigenvalue weighted by atomic mass is 35.7. The summed E-state index contributed by atoms with van der Waals surface area (Å²) in [6.45, 7) is 2.01. The highest BCUT2D eigenvalue weighted by molar-refractivity contribution is 8.21. The Morgan fingerprint density at radius 3 is 2.77 bits per heavy atom. The van der Waals surface area contributed by atoms with Gasteiger partial charge in [0.1, 0.15) is 0 Å². The maximum Gasteiger partial charge on any atom is 0.335 e. The quantitative estimate of drug-likeness (QED) is 0.843. The van der Waals surface area contributed by atoms with Crippen molar-refractivity contribution in [1.29, 1.82) is 0 Å². The molecule has 0 radical (unpaired) electrons. The average molecular weight is 217 g/mol. The van der Waals surface area contributed by atoms with Gasteiger partial charge in [-0.2, -0.15) is 0 Å². The van der Waals surface area contributed by atoms with Gasteiger partial charge in [-0.15, -0.1) is 0 Å². The van der Waals surface area contributed by atoms with Gasteiger partial charge >= 0.3 is 5.97 Å². The van der Waals surface area contributed by atoms with Gasteiger partial charge in [0.2, 0.25) is 0 Å². The average Bonchev–Trinajstić information content (AvgIpc) is 2.16. The number of aryl methyl sites for hydroxylation is 1. The fourth-order valence-corrected chi connectivity index (χ4v) is 1.97. The second-order valence-corrected chi connectivity index (χ2v) is 3.62. The lowest BCUT2D eigenvalue weighted by molar-refractivity contribution is 0.0696. The van der Waals surface area contributed by atoms with E-state index in [9.17, 15) is 4.79 Å². The van der Waals surface area contributed by atoms with E-state index >= 15 is 0 Å². The summed E-state index contributed by atoms with van der Waals surface area (Å²) in [6, 6.07) is 4.99. The SMILES string of the molecule is CCc1ccc(C(=O)O)cc1SCl. The molecule has 0 unspecified atom stereocenters. The van der Waals surface area contributed by atoms with Crippen LogP contribution in [-0.2, 0) is 6.42 Å². The summed E-state index contributed by atoms with van der Waals surface area (Å²) in [5, 5.41) is 8.72. The van der Waals surface area contributed by atoms with Crippen LogP contribution < -0.4 is 0 Å². The largest absolute Gasteiger partial charge is 0.478 e. The molecule has 1 aromatic carbocycles. The van der Waals surface area contributed by atoms with Crippen molar-refractivity contribution in [1.82, 2.24) is 0 Å². The van der Waals surface area contributed by atoms with E-state index in [1.807, 2.05) is 6.92 Å². The monoisotopic (exact) mass is 216 g/mol. The Bertz CT molecular complexity index is 325. The van der Waals surface area contributed by atoms with Crippen LogP contribution in [-0.4, -0.2) is 11.1 Å². The molecule has 1 aromatic rings. The zero-order valence-corrected chi connectivity index (χ0v) is 8.65. The van der Waals surface area contributed by atoms with Gasteiger partial charge < -0.3 is 5.11 Å². The molecule has 0 amide bonds. The molecule has 2 nitrogen and oxygen atoms in total. The summed E-state index contributed by atoms with van der Waals surface area (Å²) < 4.78 is 0. The summed E-state index contributed by atoms with van der Waals surface area (Å²) in [6.07, 6.45) is 0.856. The Morgan fingerprint density at radius 2 is 2.31 bits per heavy atom. The van der Waals surface area contributed by atoms with E-state index in [0.29, 0.717) is 0 Å². The molecule has 0 aliphatic carbocycles. The maximum absolute atomic E-state index is 10.6. The second-order valence-electron chi connectivity index (χ2n) is 2.56. The lowest BCUT2D eigenvalue weighted by Crippen LogP contribution is -1.97. The van der Waals surface area contributed by atoms with Crippen LogP contribution in [0.5, 0.6) is 0 Å². The van der Waals surface area contributed by atoms with Gasteiger partial charge in [0.15, 0.2) is 0 Å². The third kappa shape index (κ3) is 2.39. The fourth-order valence-electron chi connectivity index (χ4n) is 1.05. The van der Waals surface area contributed by atoms with Crippen LogP contribution in [0.15, 0.2) is 23.1 Å². The van der Waals surface area contributed by atoms with E-state index in [2.05, 4.69) is 0 Å². The first-order chi connectivity index (χ1) is 6.19. The molecule has 4 heteroatoms. The van der Waals surface area contributed by atoms with Crippen molar-refractivity contribution < 1.29 is 9.90 Å². The van der Waals surface area contributed by atoms with Crippen LogP contribution in [0.1, 0.15) is 22.8 Å². The van der Waals surface area contributed by atoms with Crippen molar-refractivity contribution in [3.05, 3.63) is 29.3 Å². The van der Waals surface area contributed by atoms with Gasteiger partial charge in [0, 0.05) is 4.90 Å². The molecular formula is C9H9ClO2S. The molecular weight excluding hydrogens is 208 g/mol. The van der Waals surface area contributed by atoms with Crippen LogP contribution >= 0.6 is 21.7 Å². The zero-order chi connectivity index (χ0) is 9.84. The molecule has 70 valence electrons. The number of aromatic carboxylic acids is 1. The number of carboxylic acid groups (broad SMARTS) is 1. The van der Waals surface area contributed by atoms with Crippen LogP contribution in [0.3, 0.4) is 0 Å². The summed E-state index contributed by atoms with van der Waals surface area (Å²) in [4.78, 5) is 11.4. The van der Waals surface area contributed by atoms with Crippen molar-refractivity contribution in [2.24, 2.45) is 0 Å². The Hall–Kier alpha value is -0.670. The smallest absolute Gasteiger partial charge is 0.335 e. The summed E-state index contributed by atoms with van der Waals surface area (Å²) in [5.41, 5.74) is 1.35. The normalized spacial score (nSPS) is 10.0. The number of carbonyl (C=O) groups is 1. The third-order valence-corrected chi connectivity index (χ3v) is 2.82. The van der Waals surface area contributed by atoms with Crippen LogP contribution in [0.2, 0.25) is 0 Å². The number of hydrogen-bond acceptors (Lipinski definition) is 2. The highest BCUT2D eigenvalue weighted by Gasteiger charge is 2.06. The molecule has 0 saturated carbocycles. The lowest BCUT2D eigenvalue weighted by atomic mass is 10.1. The van der Waals surface area contributed by atoms with Crippen molar-refractivity contribution in [2.45, 2.75) is 18.2 Å². The minimum absolute atomic E-state index is 0.278. The van der Waals surface area contributed by atoms with Crippen LogP contribution in [0, 0.1) is 0 Å². The van der Waals surface area contributed by atoms with Crippen LogP contribution in [0.25, 0.3) is 0 Å². The molecule has 1 N–H and O–H groups in total. The number of rotatable bonds is 3. The Labute approximate surface area is 85.4 Å². The number of hydrogen-bond donors (Lipinski definition) is 1.